The molecule has 100 valence electrons. The molecule has 2 aliphatic heterocycles. The van der Waals surface area contributed by atoms with Crippen LogP contribution >= 0.6 is 0 Å². The molecule has 1 unspecified atom stereocenters. The van der Waals surface area contributed by atoms with Gasteiger partial charge in [-0.25, -0.2) is 0 Å². The van der Waals surface area contributed by atoms with Gasteiger partial charge in [-0.15, -0.1) is 0 Å². The Bertz CT molecular complexity index is 504. The number of fused-ring (bicyclic) bond motifs is 1. The molecule has 0 bridgehead atoms. The van der Waals surface area contributed by atoms with Crippen molar-refractivity contribution in [2.45, 2.75) is 18.9 Å². The van der Waals surface area contributed by atoms with Crippen LogP contribution in [0.1, 0.15) is 12.0 Å². The van der Waals surface area contributed by atoms with Crippen LogP contribution in [0.2, 0.25) is 0 Å². The van der Waals surface area contributed by atoms with Crippen molar-refractivity contribution >= 4 is 17.5 Å². The summed E-state index contributed by atoms with van der Waals surface area (Å²) < 4.78 is 0. The molecule has 5 heteroatoms. The third-order valence-corrected chi connectivity index (χ3v) is 3.97. The van der Waals surface area contributed by atoms with Crippen LogP contribution in [0.15, 0.2) is 24.3 Å². The van der Waals surface area contributed by atoms with Gasteiger partial charge >= 0.3 is 0 Å². The van der Waals surface area contributed by atoms with E-state index in [1.807, 2.05) is 24.3 Å². The van der Waals surface area contributed by atoms with Gasteiger partial charge in [0.15, 0.2) is 0 Å². The summed E-state index contributed by atoms with van der Waals surface area (Å²) in [5, 5.41) is 3.25. The van der Waals surface area contributed by atoms with E-state index in [0.717, 1.165) is 5.69 Å². The number of anilines is 1. The van der Waals surface area contributed by atoms with E-state index in [2.05, 4.69) is 5.32 Å². The first-order valence-electron chi connectivity index (χ1n) is 6.57. The molecule has 1 fully saturated rings. The predicted octanol–water partition coefficient (Wildman–Crippen LogP) is 0.357. The van der Waals surface area contributed by atoms with Gasteiger partial charge in [-0.1, -0.05) is 18.2 Å². The molecule has 1 aromatic carbocycles. The summed E-state index contributed by atoms with van der Waals surface area (Å²) in [6, 6.07) is 7.75. The zero-order chi connectivity index (χ0) is 13.4. The van der Waals surface area contributed by atoms with E-state index in [4.69, 9.17) is 5.73 Å². The number of nitrogens with two attached hydrogens (primary N) is 1. The van der Waals surface area contributed by atoms with Crippen LogP contribution in [-0.4, -0.2) is 35.8 Å². The van der Waals surface area contributed by atoms with E-state index in [9.17, 15) is 9.59 Å². The lowest BCUT2D eigenvalue weighted by molar-refractivity contribution is -0.131. The summed E-state index contributed by atoms with van der Waals surface area (Å²) in [6.45, 7) is 1.09. The number of nitrogens with one attached hydrogen (secondary N) is 1. The number of likely N-dealkylation sites (tertiary alicyclic amines) is 1. The molecule has 1 aromatic rings. The second-order valence-electron chi connectivity index (χ2n) is 5.23. The Balaban J connectivity index is 1.66. The number of rotatable bonds is 2. The van der Waals surface area contributed by atoms with Crippen LogP contribution in [-0.2, 0) is 16.0 Å². The highest BCUT2D eigenvalue weighted by atomic mass is 16.2. The van der Waals surface area contributed by atoms with Gasteiger partial charge in [0.2, 0.25) is 11.8 Å². The van der Waals surface area contributed by atoms with Gasteiger partial charge in [-0.05, 0) is 18.1 Å². The number of carbonyl (C=O) groups excluding carboxylic acids is 2. The summed E-state index contributed by atoms with van der Waals surface area (Å²) in [7, 11) is 0. The van der Waals surface area contributed by atoms with Crippen LogP contribution in [0.3, 0.4) is 0 Å². The van der Waals surface area contributed by atoms with Crippen LogP contribution in [0, 0.1) is 5.92 Å². The van der Waals surface area contributed by atoms with Crippen molar-refractivity contribution in [3.63, 3.8) is 0 Å². The molecule has 2 aliphatic rings. The maximum atomic E-state index is 12.4. The van der Waals surface area contributed by atoms with E-state index in [0.29, 0.717) is 25.9 Å². The minimum atomic E-state index is -0.307. The van der Waals surface area contributed by atoms with Crippen molar-refractivity contribution < 1.29 is 9.59 Å². The van der Waals surface area contributed by atoms with E-state index >= 15 is 0 Å². The van der Waals surface area contributed by atoms with E-state index < -0.39 is 0 Å². The van der Waals surface area contributed by atoms with Crippen molar-refractivity contribution in [3.05, 3.63) is 29.8 Å². The second kappa shape index (κ2) is 4.57. The molecule has 2 heterocycles. The first-order chi connectivity index (χ1) is 9.15. The van der Waals surface area contributed by atoms with Crippen LogP contribution in [0.25, 0.3) is 0 Å². The van der Waals surface area contributed by atoms with Crippen LogP contribution in [0.4, 0.5) is 5.69 Å². The normalized spacial score (nSPS) is 24.9. The highest BCUT2D eigenvalue weighted by molar-refractivity contribution is 5.88. The number of hydrogen-bond donors (Lipinski definition) is 2. The fourth-order valence-electron chi connectivity index (χ4n) is 2.86. The maximum Gasteiger partial charge on any atom is 0.245 e. The number of amides is 2. The summed E-state index contributed by atoms with van der Waals surface area (Å²) >= 11 is 0. The summed E-state index contributed by atoms with van der Waals surface area (Å²) in [5.41, 5.74) is 7.50. The minimum Gasteiger partial charge on any atom is -0.373 e. The van der Waals surface area contributed by atoms with Crippen LogP contribution < -0.4 is 11.1 Å². The fourth-order valence-corrected chi connectivity index (χ4v) is 2.86. The average molecular weight is 259 g/mol. The first kappa shape index (κ1) is 12.0. The molecule has 3 N–H and O–H groups in total. The average Bonchev–Trinajstić information content (AvgIpc) is 3.04. The molecule has 0 radical (unpaired) electrons. The monoisotopic (exact) mass is 259 g/mol. The number of benzene rings is 1. The van der Waals surface area contributed by atoms with Crippen molar-refractivity contribution in [1.29, 1.82) is 0 Å². The lowest BCUT2D eigenvalue weighted by Gasteiger charge is -2.20. The maximum absolute atomic E-state index is 12.4. The van der Waals surface area contributed by atoms with E-state index in [1.54, 1.807) is 4.90 Å². The Kier molecular flexibility index (Phi) is 2.89. The minimum absolute atomic E-state index is 0.0694. The molecule has 0 aliphatic carbocycles. The Morgan fingerprint density at radius 2 is 2.11 bits per heavy atom. The quantitative estimate of drug-likeness (QED) is 0.805. The Morgan fingerprint density at radius 1 is 1.32 bits per heavy atom. The number of nitrogens with zero attached hydrogens (tertiary/aromatic N) is 1. The largest absolute Gasteiger partial charge is 0.373 e. The topological polar surface area (TPSA) is 75.4 Å². The molecule has 2 atom stereocenters. The lowest BCUT2D eigenvalue weighted by Crippen LogP contribution is -2.41. The molecule has 1 saturated heterocycles. The Hall–Kier alpha value is -2.04. The number of para-hydroxylation sites is 1. The SMILES string of the molecule is NC(=O)C1CCN(C(=O)[C@@H]2Cc3ccccc3N2)C1. The lowest BCUT2D eigenvalue weighted by atomic mass is 10.1. The number of primary amides is 1. The van der Waals surface area contributed by atoms with Crippen molar-refractivity contribution in [2.75, 3.05) is 18.4 Å². The van der Waals surface area contributed by atoms with Crippen molar-refractivity contribution in [3.8, 4) is 0 Å². The predicted molar refractivity (Wildman–Crippen MR) is 71.4 cm³/mol. The van der Waals surface area contributed by atoms with E-state index in [1.165, 1.54) is 5.56 Å². The van der Waals surface area contributed by atoms with Gasteiger partial charge in [-0.3, -0.25) is 9.59 Å². The third kappa shape index (κ3) is 2.16. The van der Waals surface area contributed by atoms with Gasteiger partial charge in [0.05, 0.1) is 5.92 Å². The Morgan fingerprint density at radius 3 is 2.79 bits per heavy atom. The van der Waals surface area contributed by atoms with Gasteiger partial charge in [0.25, 0.3) is 0 Å². The highest BCUT2D eigenvalue weighted by Crippen LogP contribution is 2.27. The third-order valence-electron chi connectivity index (χ3n) is 3.97. The Labute approximate surface area is 111 Å². The summed E-state index contributed by atoms with van der Waals surface area (Å²) in [4.78, 5) is 25.3. The zero-order valence-electron chi connectivity index (χ0n) is 10.6. The van der Waals surface area contributed by atoms with Crippen molar-refractivity contribution in [2.24, 2.45) is 11.7 Å². The molecule has 2 amide bonds. The smallest absolute Gasteiger partial charge is 0.245 e. The summed E-state index contributed by atoms with van der Waals surface area (Å²) in [6.07, 6.45) is 1.40. The molecular weight excluding hydrogens is 242 g/mol. The van der Waals surface area contributed by atoms with Gasteiger partial charge in [-0.2, -0.15) is 0 Å². The van der Waals surface area contributed by atoms with Crippen LogP contribution in [0.5, 0.6) is 0 Å². The molecule has 0 saturated carbocycles. The molecule has 0 aromatic heterocycles. The van der Waals surface area contributed by atoms with Gasteiger partial charge < -0.3 is 16.0 Å². The molecular formula is C14H17N3O2. The second-order valence-corrected chi connectivity index (χ2v) is 5.23. The number of carbonyl (C=O) groups is 2. The molecule has 5 nitrogen and oxygen atoms in total. The summed E-state index contributed by atoms with van der Waals surface area (Å²) in [5.74, 6) is -0.425. The van der Waals surface area contributed by atoms with Gasteiger partial charge in [0.1, 0.15) is 6.04 Å². The van der Waals surface area contributed by atoms with Gasteiger partial charge in [0, 0.05) is 25.2 Å². The van der Waals surface area contributed by atoms with Crippen molar-refractivity contribution in [1.82, 2.24) is 4.90 Å². The van der Waals surface area contributed by atoms with E-state index in [-0.39, 0.29) is 23.8 Å². The standard InChI is InChI=1S/C14H17N3O2/c15-13(18)10-5-6-17(8-10)14(19)12-7-9-3-1-2-4-11(9)16-12/h1-4,10,12,16H,5-8H2,(H2,15,18)/t10?,12-/m0/s1. The number of hydrogen-bond acceptors (Lipinski definition) is 3. The molecule has 19 heavy (non-hydrogen) atoms. The first-order valence-corrected chi connectivity index (χ1v) is 6.57. The highest BCUT2D eigenvalue weighted by Gasteiger charge is 2.35. The zero-order valence-corrected chi connectivity index (χ0v) is 10.6. The molecule has 3 rings (SSSR count). The molecule has 0 spiro atoms. The fraction of sp³-hybridized carbons (Fsp3) is 0.429.